The van der Waals surface area contributed by atoms with Crippen LogP contribution in [0.25, 0.3) is 0 Å². The molecule has 1 aromatic heterocycles. The lowest BCUT2D eigenvalue weighted by molar-refractivity contribution is -0.116. The van der Waals surface area contributed by atoms with E-state index >= 15 is 0 Å². The number of carbonyl (C=O) groups excluding carboxylic acids is 1. The van der Waals surface area contributed by atoms with Crippen LogP contribution in [0.2, 0.25) is 0 Å². The van der Waals surface area contributed by atoms with Crippen molar-refractivity contribution in [2.75, 3.05) is 11.4 Å². The average Bonchev–Trinajstić information content (AvgIpc) is 3.17. The molecule has 4 rings (SSSR count). The van der Waals surface area contributed by atoms with Crippen LogP contribution in [-0.4, -0.2) is 25.9 Å². The van der Waals surface area contributed by atoms with E-state index in [4.69, 9.17) is 0 Å². The molecule has 1 atom stereocenters. The van der Waals surface area contributed by atoms with E-state index in [0.717, 1.165) is 22.4 Å². The van der Waals surface area contributed by atoms with Gasteiger partial charge in [-0.15, -0.1) is 0 Å². The number of pyridine rings is 1. The molecule has 6 nitrogen and oxygen atoms in total. The van der Waals surface area contributed by atoms with Crippen molar-refractivity contribution in [2.24, 2.45) is 0 Å². The summed E-state index contributed by atoms with van der Waals surface area (Å²) in [6.07, 6.45) is 3.93. The van der Waals surface area contributed by atoms with Crippen molar-refractivity contribution in [1.29, 1.82) is 0 Å². The molecule has 1 aliphatic rings. The van der Waals surface area contributed by atoms with Crippen molar-refractivity contribution in [3.63, 3.8) is 0 Å². The zero-order valence-electron chi connectivity index (χ0n) is 15.9. The summed E-state index contributed by atoms with van der Waals surface area (Å²) >= 11 is 0. The molecule has 3 aromatic rings. The summed E-state index contributed by atoms with van der Waals surface area (Å²) in [6, 6.07) is 17.4. The number of sulfonamides is 1. The molecule has 0 saturated carbocycles. The number of aromatic nitrogens is 1. The van der Waals surface area contributed by atoms with Gasteiger partial charge in [0.15, 0.2) is 0 Å². The van der Waals surface area contributed by atoms with Crippen LogP contribution in [0, 0.1) is 0 Å². The Balaban J connectivity index is 1.69. The van der Waals surface area contributed by atoms with Gasteiger partial charge in [-0.2, -0.15) is 4.72 Å². The zero-order chi connectivity index (χ0) is 20.4. The third-order valence-corrected chi connectivity index (χ3v) is 6.50. The largest absolute Gasteiger partial charge is 0.312 e. The fourth-order valence-electron chi connectivity index (χ4n) is 3.63. The molecule has 29 heavy (non-hydrogen) atoms. The number of anilines is 1. The number of amides is 1. The molecular weight excluding hydrogens is 386 g/mol. The maximum Gasteiger partial charge on any atom is 0.241 e. The topological polar surface area (TPSA) is 79.4 Å². The van der Waals surface area contributed by atoms with Gasteiger partial charge < -0.3 is 4.90 Å². The number of benzene rings is 2. The molecule has 0 radical (unpaired) electrons. The predicted molar refractivity (Wildman–Crippen MR) is 111 cm³/mol. The van der Waals surface area contributed by atoms with Gasteiger partial charge in [-0.05, 0) is 53.4 Å². The fourth-order valence-corrected chi connectivity index (χ4v) is 4.89. The molecule has 0 bridgehead atoms. The zero-order valence-corrected chi connectivity index (χ0v) is 16.8. The van der Waals surface area contributed by atoms with Gasteiger partial charge in [0.25, 0.3) is 0 Å². The molecule has 148 valence electrons. The average molecular weight is 407 g/mol. The van der Waals surface area contributed by atoms with Gasteiger partial charge in [0, 0.05) is 31.5 Å². The van der Waals surface area contributed by atoms with E-state index in [-0.39, 0.29) is 10.8 Å². The third kappa shape index (κ3) is 3.92. The third-order valence-electron chi connectivity index (χ3n) is 5.08. The number of carbonyl (C=O) groups is 1. The van der Waals surface area contributed by atoms with Gasteiger partial charge in [-0.1, -0.05) is 30.3 Å². The molecule has 7 heteroatoms. The van der Waals surface area contributed by atoms with Crippen LogP contribution in [-0.2, 0) is 21.2 Å². The van der Waals surface area contributed by atoms with Gasteiger partial charge in [-0.3, -0.25) is 9.78 Å². The molecule has 1 unspecified atom stereocenters. The SMILES string of the molecule is CC(=O)N1CCc2cc(S(=O)(=O)NC(c3ccccc3)c3ccncc3)ccc21. The van der Waals surface area contributed by atoms with Crippen LogP contribution in [0.3, 0.4) is 0 Å². The van der Waals surface area contributed by atoms with E-state index in [2.05, 4.69) is 9.71 Å². The monoisotopic (exact) mass is 407 g/mol. The predicted octanol–water partition coefficient (Wildman–Crippen LogP) is 3.06. The van der Waals surface area contributed by atoms with Crippen molar-refractivity contribution in [3.05, 3.63) is 89.7 Å². The Labute approximate surface area is 170 Å². The van der Waals surface area contributed by atoms with E-state index in [0.29, 0.717) is 13.0 Å². The molecular formula is C22H21N3O3S. The molecule has 1 N–H and O–H groups in total. The van der Waals surface area contributed by atoms with Crippen LogP contribution in [0.1, 0.15) is 29.7 Å². The highest BCUT2D eigenvalue weighted by Gasteiger charge is 2.27. The summed E-state index contributed by atoms with van der Waals surface area (Å²) in [4.78, 5) is 17.6. The highest BCUT2D eigenvalue weighted by atomic mass is 32.2. The quantitative estimate of drug-likeness (QED) is 0.705. The number of hydrogen-bond acceptors (Lipinski definition) is 4. The van der Waals surface area contributed by atoms with Crippen LogP contribution in [0.15, 0.2) is 78.0 Å². The summed E-state index contributed by atoms with van der Waals surface area (Å²) < 4.78 is 29.2. The van der Waals surface area contributed by atoms with E-state index in [1.807, 2.05) is 30.3 Å². The van der Waals surface area contributed by atoms with Crippen LogP contribution in [0.4, 0.5) is 5.69 Å². The highest BCUT2D eigenvalue weighted by Crippen LogP contribution is 2.31. The number of fused-ring (bicyclic) bond motifs is 1. The Morgan fingerprint density at radius 3 is 2.41 bits per heavy atom. The van der Waals surface area contributed by atoms with Gasteiger partial charge in [0.1, 0.15) is 0 Å². The molecule has 1 amide bonds. The van der Waals surface area contributed by atoms with Crippen LogP contribution < -0.4 is 9.62 Å². The van der Waals surface area contributed by atoms with Gasteiger partial charge in [-0.25, -0.2) is 8.42 Å². The molecule has 0 aliphatic carbocycles. The standard InChI is InChI=1S/C22H21N3O3S/c1-16(26)25-14-11-19-15-20(7-8-21(19)25)29(27,28)24-22(17-5-3-2-4-6-17)18-9-12-23-13-10-18/h2-10,12-13,15,22,24H,11,14H2,1H3. The van der Waals surface area contributed by atoms with Crippen molar-refractivity contribution >= 4 is 21.6 Å². The first-order chi connectivity index (χ1) is 14.0. The Morgan fingerprint density at radius 1 is 1.03 bits per heavy atom. The molecule has 2 aromatic carbocycles. The maximum absolute atomic E-state index is 13.2. The van der Waals surface area contributed by atoms with E-state index < -0.39 is 16.1 Å². The summed E-state index contributed by atoms with van der Waals surface area (Å²) in [5.74, 6) is -0.0423. The lowest BCUT2D eigenvalue weighted by atomic mass is 10.0. The lowest BCUT2D eigenvalue weighted by Crippen LogP contribution is -2.29. The van der Waals surface area contributed by atoms with Crippen LogP contribution >= 0.6 is 0 Å². The minimum Gasteiger partial charge on any atom is -0.312 e. The van der Waals surface area contributed by atoms with Crippen molar-refractivity contribution in [1.82, 2.24) is 9.71 Å². The molecule has 2 heterocycles. The van der Waals surface area contributed by atoms with Crippen molar-refractivity contribution in [3.8, 4) is 0 Å². The smallest absolute Gasteiger partial charge is 0.241 e. The first kappa shape index (κ1) is 19.3. The van der Waals surface area contributed by atoms with Crippen molar-refractivity contribution in [2.45, 2.75) is 24.3 Å². The number of rotatable bonds is 5. The summed E-state index contributed by atoms with van der Waals surface area (Å²) in [7, 11) is -3.79. The Hall–Kier alpha value is -3.03. The number of hydrogen-bond donors (Lipinski definition) is 1. The summed E-state index contributed by atoms with van der Waals surface area (Å²) in [5.41, 5.74) is 3.29. The van der Waals surface area contributed by atoms with E-state index in [9.17, 15) is 13.2 Å². The Kier molecular flexibility index (Phi) is 5.17. The Morgan fingerprint density at radius 2 is 1.72 bits per heavy atom. The van der Waals surface area contributed by atoms with E-state index in [1.54, 1.807) is 47.6 Å². The first-order valence-electron chi connectivity index (χ1n) is 9.34. The minimum atomic E-state index is -3.79. The van der Waals surface area contributed by atoms with E-state index in [1.165, 1.54) is 6.92 Å². The second-order valence-corrected chi connectivity index (χ2v) is 8.67. The molecule has 0 saturated heterocycles. The number of nitrogens with zero attached hydrogens (tertiary/aromatic N) is 2. The maximum atomic E-state index is 13.2. The van der Waals surface area contributed by atoms with Crippen LogP contribution in [0.5, 0.6) is 0 Å². The second kappa shape index (κ2) is 7.77. The first-order valence-corrected chi connectivity index (χ1v) is 10.8. The normalized spacial score (nSPS) is 14.4. The molecule has 1 aliphatic heterocycles. The fraction of sp³-hybridized carbons (Fsp3) is 0.182. The molecule has 0 spiro atoms. The lowest BCUT2D eigenvalue weighted by Gasteiger charge is -2.20. The number of nitrogens with one attached hydrogen (secondary N) is 1. The van der Waals surface area contributed by atoms with Crippen molar-refractivity contribution < 1.29 is 13.2 Å². The Bertz CT molecular complexity index is 1090. The van der Waals surface area contributed by atoms with Gasteiger partial charge in [0.2, 0.25) is 15.9 Å². The van der Waals surface area contributed by atoms with Gasteiger partial charge in [0.05, 0.1) is 10.9 Å². The summed E-state index contributed by atoms with van der Waals surface area (Å²) in [5, 5.41) is 0. The second-order valence-electron chi connectivity index (χ2n) is 6.96. The summed E-state index contributed by atoms with van der Waals surface area (Å²) in [6.45, 7) is 2.09. The minimum absolute atomic E-state index is 0.0423. The molecule has 0 fully saturated rings. The highest BCUT2D eigenvalue weighted by molar-refractivity contribution is 7.89. The van der Waals surface area contributed by atoms with Gasteiger partial charge >= 0.3 is 0 Å².